The topological polar surface area (TPSA) is 74.5 Å². The van der Waals surface area contributed by atoms with Crippen LogP contribution in [0.2, 0.25) is 0 Å². The molecule has 1 aliphatic rings. The summed E-state index contributed by atoms with van der Waals surface area (Å²) >= 11 is 0. The molecule has 0 aliphatic heterocycles. The molecule has 0 atom stereocenters. The number of guanidine groups is 1. The second-order valence-corrected chi connectivity index (χ2v) is 8.13. The minimum absolute atomic E-state index is 0.142. The Kier molecular flexibility index (Phi) is 8.25. The smallest absolute Gasteiger partial charge is 0.191 e. The van der Waals surface area contributed by atoms with Crippen molar-refractivity contribution >= 4 is 5.96 Å². The number of aliphatic imine (C=N–C) groups is 1. The lowest BCUT2D eigenvalue weighted by Gasteiger charge is -2.35. The van der Waals surface area contributed by atoms with E-state index in [0.29, 0.717) is 0 Å². The fraction of sp³-hybridized carbons (Fsp3) is 0.565. The van der Waals surface area contributed by atoms with Crippen LogP contribution in [0.15, 0.2) is 41.5 Å². The summed E-state index contributed by atoms with van der Waals surface area (Å²) in [6.45, 7) is 4.57. The molecule has 1 saturated carbocycles. The predicted molar refractivity (Wildman–Crippen MR) is 118 cm³/mol. The standard InChI is InChI=1S/C23H34FN5O/c1-2-25-22(27-18-23(14-17-30)12-4-3-5-13-23)26-15-10-20-11-16-29(28-20)21-8-6-19(24)7-9-21/h6-9,11,16,30H,2-5,10,12-15,17-18H2,1H3,(H2,25,26,27). The molecule has 0 amide bonds. The van der Waals surface area contributed by atoms with Crippen LogP contribution in [0.4, 0.5) is 4.39 Å². The molecule has 0 spiro atoms. The first-order valence-corrected chi connectivity index (χ1v) is 11.1. The molecule has 1 heterocycles. The molecule has 3 rings (SSSR count). The highest BCUT2D eigenvalue weighted by atomic mass is 19.1. The van der Waals surface area contributed by atoms with E-state index in [1.54, 1.807) is 16.8 Å². The van der Waals surface area contributed by atoms with Gasteiger partial charge in [0.05, 0.1) is 11.4 Å². The van der Waals surface area contributed by atoms with Crippen molar-refractivity contribution in [3.05, 3.63) is 48.0 Å². The van der Waals surface area contributed by atoms with Gasteiger partial charge in [0.25, 0.3) is 0 Å². The van der Waals surface area contributed by atoms with Gasteiger partial charge in [0.2, 0.25) is 0 Å². The highest BCUT2D eigenvalue weighted by Crippen LogP contribution is 2.39. The van der Waals surface area contributed by atoms with Gasteiger partial charge < -0.3 is 15.7 Å². The molecule has 0 radical (unpaired) electrons. The van der Waals surface area contributed by atoms with Crippen molar-refractivity contribution in [2.45, 2.75) is 51.9 Å². The highest BCUT2D eigenvalue weighted by molar-refractivity contribution is 5.79. The zero-order valence-corrected chi connectivity index (χ0v) is 17.9. The quantitative estimate of drug-likeness (QED) is 0.433. The molecule has 1 fully saturated rings. The Morgan fingerprint density at radius 2 is 1.93 bits per heavy atom. The van der Waals surface area contributed by atoms with Gasteiger partial charge in [0.1, 0.15) is 5.82 Å². The second-order valence-electron chi connectivity index (χ2n) is 8.13. The van der Waals surface area contributed by atoms with Crippen molar-refractivity contribution in [2.24, 2.45) is 10.4 Å². The summed E-state index contributed by atoms with van der Waals surface area (Å²) in [5.74, 6) is 0.568. The fourth-order valence-corrected chi connectivity index (χ4v) is 4.16. The van der Waals surface area contributed by atoms with E-state index in [9.17, 15) is 9.50 Å². The van der Waals surface area contributed by atoms with Gasteiger partial charge in [0, 0.05) is 38.9 Å². The summed E-state index contributed by atoms with van der Waals surface area (Å²) in [6, 6.07) is 8.29. The molecule has 0 unspecified atom stereocenters. The number of rotatable bonds is 9. The van der Waals surface area contributed by atoms with Crippen LogP contribution in [-0.2, 0) is 6.42 Å². The van der Waals surface area contributed by atoms with Crippen molar-refractivity contribution in [1.82, 2.24) is 20.4 Å². The lowest BCUT2D eigenvalue weighted by molar-refractivity contribution is 0.137. The first-order valence-electron chi connectivity index (χ1n) is 11.1. The number of aliphatic hydroxyl groups excluding tert-OH is 1. The van der Waals surface area contributed by atoms with Crippen molar-refractivity contribution < 1.29 is 9.50 Å². The zero-order chi connectivity index (χ0) is 21.2. The van der Waals surface area contributed by atoms with E-state index in [1.807, 2.05) is 12.3 Å². The number of benzene rings is 1. The molecule has 2 aromatic rings. The van der Waals surface area contributed by atoms with E-state index in [2.05, 4.69) is 22.7 Å². The molecule has 1 aromatic heterocycles. The third-order valence-electron chi connectivity index (χ3n) is 5.88. The van der Waals surface area contributed by atoms with Crippen molar-refractivity contribution in [3.8, 4) is 5.69 Å². The monoisotopic (exact) mass is 415 g/mol. The maximum atomic E-state index is 13.1. The lowest BCUT2D eigenvalue weighted by atomic mass is 9.72. The molecular formula is C23H34FN5O. The summed E-state index contributed by atoms with van der Waals surface area (Å²) in [4.78, 5) is 4.84. The van der Waals surface area contributed by atoms with Crippen LogP contribution >= 0.6 is 0 Å². The van der Waals surface area contributed by atoms with E-state index in [4.69, 9.17) is 4.99 Å². The van der Waals surface area contributed by atoms with Gasteiger partial charge in [-0.2, -0.15) is 5.10 Å². The summed E-state index contributed by atoms with van der Waals surface area (Å²) in [5.41, 5.74) is 1.95. The fourth-order valence-electron chi connectivity index (χ4n) is 4.16. The van der Waals surface area contributed by atoms with E-state index < -0.39 is 0 Å². The molecule has 30 heavy (non-hydrogen) atoms. The van der Waals surface area contributed by atoms with Crippen molar-refractivity contribution in [3.63, 3.8) is 0 Å². The van der Waals surface area contributed by atoms with Crippen molar-refractivity contribution in [2.75, 3.05) is 26.2 Å². The van der Waals surface area contributed by atoms with E-state index in [-0.39, 0.29) is 17.8 Å². The van der Waals surface area contributed by atoms with Gasteiger partial charge in [0.15, 0.2) is 5.96 Å². The van der Waals surface area contributed by atoms with Gasteiger partial charge in [-0.15, -0.1) is 0 Å². The zero-order valence-electron chi connectivity index (χ0n) is 17.9. The number of nitrogens with one attached hydrogen (secondary N) is 2. The first kappa shape index (κ1) is 22.3. The molecule has 1 aromatic carbocycles. The minimum Gasteiger partial charge on any atom is -0.396 e. The van der Waals surface area contributed by atoms with Gasteiger partial charge in [-0.05, 0) is 61.9 Å². The Labute approximate surface area is 178 Å². The van der Waals surface area contributed by atoms with Crippen LogP contribution in [0, 0.1) is 11.2 Å². The normalized spacial score (nSPS) is 16.4. The van der Waals surface area contributed by atoms with Crippen molar-refractivity contribution in [1.29, 1.82) is 0 Å². The maximum absolute atomic E-state index is 13.1. The Morgan fingerprint density at radius 1 is 1.17 bits per heavy atom. The van der Waals surface area contributed by atoms with Crippen LogP contribution in [0.3, 0.4) is 0 Å². The second kappa shape index (κ2) is 11.1. The molecule has 164 valence electrons. The van der Waals surface area contributed by atoms with Gasteiger partial charge in [-0.3, -0.25) is 4.99 Å². The number of hydrogen-bond donors (Lipinski definition) is 3. The predicted octanol–water partition coefficient (Wildman–Crippen LogP) is 3.44. The average Bonchev–Trinajstić information content (AvgIpc) is 3.22. The maximum Gasteiger partial charge on any atom is 0.191 e. The van der Waals surface area contributed by atoms with E-state index >= 15 is 0 Å². The Morgan fingerprint density at radius 3 is 2.63 bits per heavy atom. The summed E-state index contributed by atoms with van der Waals surface area (Å²) < 4.78 is 14.9. The van der Waals surface area contributed by atoms with E-state index in [1.165, 1.54) is 31.4 Å². The van der Waals surface area contributed by atoms with Crippen LogP contribution < -0.4 is 10.6 Å². The number of hydrogen-bond acceptors (Lipinski definition) is 3. The Hall–Kier alpha value is -2.41. The first-order chi connectivity index (χ1) is 14.6. The van der Waals surface area contributed by atoms with Gasteiger partial charge in [-0.25, -0.2) is 9.07 Å². The minimum atomic E-state index is -0.250. The Bertz CT molecular complexity index is 791. The average molecular weight is 416 g/mol. The molecule has 7 heteroatoms. The van der Waals surface area contributed by atoms with Crippen LogP contribution in [0.5, 0.6) is 0 Å². The number of nitrogens with zero attached hydrogens (tertiary/aromatic N) is 3. The van der Waals surface area contributed by atoms with E-state index in [0.717, 1.165) is 62.7 Å². The van der Waals surface area contributed by atoms with Gasteiger partial charge in [-0.1, -0.05) is 19.3 Å². The number of aliphatic hydroxyl groups is 1. The summed E-state index contributed by atoms with van der Waals surface area (Å²) in [6.07, 6.45) is 9.54. The third-order valence-corrected chi connectivity index (χ3v) is 5.88. The molecule has 1 aliphatic carbocycles. The largest absolute Gasteiger partial charge is 0.396 e. The SMILES string of the molecule is CCNC(=NCC1(CCO)CCCCC1)NCCc1ccn(-c2ccc(F)cc2)n1. The van der Waals surface area contributed by atoms with Gasteiger partial charge >= 0.3 is 0 Å². The molecule has 3 N–H and O–H groups in total. The molecule has 0 saturated heterocycles. The number of halogens is 1. The van der Waals surface area contributed by atoms with Crippen LogP contribution in [-0.4, -0.2) is 47.1 Å². The van der Waals surface area contributed by atoms with Crippen LogP contribution in [0.1, 0.15) is 51.1 Å². The van der Waals surface area contributed by atoms with Crippen LogP contribution in [0.25, 0.3) is 5.69 Å². The summed E-state index contributed by atoms with van der Waals surface area (Å²) in [7, 11) is 0. The molecule has 6 nitrogen and oxygen atoms in total. The molecule has 0 bridgehead atoms. The number of aromatic nitrogens is 2. The summed E-state index contributed by atoms with van der Waals surface area (Å²) in [5, 5.41) is 20.8. The highest BCUT2D eigenvalue weighted by Gasteiger charge is 2.31. The molecular weight excluding hydrogens is 381 g/mol. The Balaban J connectivity index is 1.54. The lowest BCUT2D eigenvalue weighted by Crippen LogP contribution is -2.40. The third kappa shape index (κ3) is 6.29.